The zero-order valence-electron chi connectivity index (χ0n) is 10.3. The van der Waals surface area contributed by atoms with Crippen molar-refractivity contribution in [1.82, 2.24) is 4.98 Å². The van der Waals surface area contributed by atoms with E-state index in [1.807, 2.05) is 20.8 Å². The summed E-state index contributed by atoms with van der Waals surface area (Å²) in [5.41, 5.74) is 0.216. The van der Waals surface area contributed by atoms with Crippen LogP contribution in [0.25, 0.3) is 0 Å². The van der Waals surface area contributed by atoms with Crippen LogP contribution < -0.4 is 0 Å². The lowest BCUT2D eigenvalue weighted by Gasteiger charge is -2.11. The lowest BCUT2D eigenvalue weighted by atomic mass is 9.97. The van der Waals surface area contributed by atoms with E-state index in [0.717, 1.165) is 0 Å². The molecule has 0 aliphatic rings. The van der Waals surface area contributed by atoms with Crippen LogP contribution in [0.5, 0.6) is 0 Å². The van der Waals surface area contributed by atoms with Gasteiger partial charge in [-0.1, -0.05) is 20.8 Å². The molecule has 16 heavy (non-hydrogen) atoms. The molecule has 0 spiro atoms. The van der Waals surface area contributed by atoms with Crippen molar-refractivity contribution in [3.63, 3.8) is 0 Å². The van der Waals surface area contributed by atoms with Crippen molar-refractivity contribution >= 4 is 5.97 Å². The fraction of sp³-hybridized carbons (Fsp3) is 0.636. The largest absolute Gasteiger partial charge is 0.463 e. The third kappa shape index (κ3) is 2.61. The fourth-order valence-corrected chi connectivity index (χ4v) is 1.16. The minimum atomic E-state index is -0.532. The van der Waals surface area contributed by atoms with E-state index in [0.29, 0.717) is 11.6 Å². The van der Waals surface area contributed by atoms with E-state index in [4.69, 9.17) is 9.15 Å². The molecular weight excluding hydrogens is 210 g/mol. The number of ether oxygens (including phenoxy) is 2. The van der Waals surface area contributed by atoms with Gasteiger partial charge in [-0.25, -0.2) is 9.78 Å². The van der Waals surface area contributed by atoms with Crippen LogP contribution in [0.4, 0.5) is 0 Å². The highest BCUT2D eigenvalue weighted by Gasteiger charge is 2.27. The van der Waals surface area contributed by atoms with Gasteiger partial charge in [0.25, 0.3) is 0 Å². The lowest BCUT2D eigenvalue weighted by Crippen LogP contribution is -2.11. The number of carbonyl (C=O) groups is 1. The highest BCUT2D eigenvalue weighted by molar-refractivity contribution is 5.87. The maximum atomic E-state index is 11.4. The van der Waals surface area contributed by atoms with Gasteiger partial charge in [-0.2, -0.15) is 0 Å². The Hall–Kier alpha value is -1.36. The number of esters is 1. The van der Waals surface area contributed by atoms with E-state index in [9.17, 15) is 4.79 Å². The van der Waals surface area contributed by atoms with Crippen LogP contribution in [0.2, 0.25) is 0 Å². The number of hydrogen-bond acceptors (Lipinski definition) is 5. The first-order chi connectivity index (χ1) is 7.40. The summed E-state index contributed by atoms with van der Waals surface area (Å²) >= 11 is 0. The molecule has 0 aliphatic carbocycles. The molecule has 0 amide bonds. The molecule has 5 nitrogen and oxygen atoms in total. The van der Waals surface area contributed by atoms with Gasteiger partial charge in [0.1, 0.15) is 5.69 Å². The molecule has 0 aliphatic heterocycles. The number of carbonyl (C=O) groups excluding carboxylic acids is 1. The third-order valence-electron chi connectivity index (χ3n) is 1.99. The molecule has 0 unspecified atom stereocenters. The second-order valence-corrected chi connectivity index (χ2v) is 4.47. The summed E-state index contributed by atoms with van der Waals surface area (Å²) in [6.45, 7) is 6.09. The van der Waals surface area contributed by atoms with E-state index < -0.39 is 5.97 Å². The lowest BCUT2D eigenvalue weighted by molar-refractivity contribution is 0.0555. The number of nitrogens with zero attached hydrogens (tertiary/aromatic N) is 1. The Bertz CT molecular complexity index is 376. The van der Waals surface area contributed by atoms with Gasteiger partial charge >= 0.3 is 5.97 Å². The fourth-order valence-electron chi connectivity index (χ4n) is 1.16. The van der Waals surface area contributed by atoms with E-state index >= 15 is 0 Å². The van der Waals surface area contributed by atoms with Crippen molar-refractivity contribution in [2.45, 2.75) is 32.8 Å². The van der Waals surface area contributed by atoms with E-state index in [-0.39, 0.29) is 17.8 Å². The Balaban J connectivity index is 3.15. The smallest absolute Gasteiger partial charge is 0.376 e. The van der Waals surface area contributed by atoms with Gasteiger partial charge in [-0.3, -0.25) is 0 Å². The monoisotopic (exact) mass is 227 g/mol. The van der Waals surface area contributed by atoms with E-state index in [2.05, 4.69) is 9.72 Å². The van der Waals surface area contributed by atoms with Gasteiger partial charge in [0.15, 0.2) is 0 Å². The summed E-state index contributed by atoms with van der Waals surface area (Å²) < 4.78 is 15.0. The normalized spacial score (nSPS) is 11.6. The van der Waals surface area contributed by atoms with Gasteiger partial charge in [-0.15, -0.1) is 0 Å². The molecule has 0 aromatic carbocycles. The Morgan fingerprint density at radius 1 is 1.38 bits per heavy atom. The van der Waals surface area contributed by atoms with Crippen molar-refractivity contribution in [3.05, 3.63) is 17.3 Å². The minimum Gasteiger partial charge on any atom is -0.463 e. The van der Waals surface area contributed by atoms with E-state index in [1.165, 1.54) is 14.2 Å². The van der Waals surface area contributed by atoms with Crippen LogP contribution in [-0.2, 0) is 21.5 Å². The van der Waals surface area contributed by atoms with Gasteiger partial charge in [0.2, 0.25) is 11.7 Å². The first-order valence-corrected chi connectivity index (χ1v) is 4.97. The summed E-state index contributed by atoms with van der Waals surface area (Å²) in [4.78, 5) is 15.7. The van der Waals surface area contributed by atoms with Crippen LogP contribution in [-0.4, -0.2) is 25.2 Å². The molecule has 0 fully saturated rings. The van der Waals surface area contributed by atoms with Gasteiger partial charge in [-0.05, 0) is 0 Å². The molecule has 0 bridgehead atoms. The Morgan fingerprint density at radius 3 is 2.44 bits per heavy atom. The number of oxazole rings is 1. The zero-order chi connectivity index (χ0) is 12.3. The minimum absolute atomic E-state index is 0.120. The van der Waals surface area contributed by atoms with Crippen molar-refractivity contribution in [2.24, 2.45) is 0 Å². The molecule has 1 aromatic rings. The highest BCUT2D eigenvalue weighted by Crippen LogP contribution is 2.24. The van der Waals surface area contributed by atoms with Crippen molar-refractivity contribution in [3.8, 4) is 0 Å². The number of aromatic nitrogens is 1. The summed E-state index contributed by atoms with van der Waals surface area (Å²) in [6, 6.07) is 0. The number of hydrogen-bond donors (Lipinski definition) is 0. The molecule has 5 heteroatoms. The molecule has 0 saturated heterocycles. The predicted molar refractivity (Wildman–Crippen MR) is 57.3 cm³/mol. The maximum absolute atomic E-state index is 11.4. The molecule has 0 radical (unpaired) electrons. The number of rotatable bonds is 3. The maximum Gasteiger partial charge on any atom is 0.376 e. The molecule has 1 heterocycles. The van der Waals surface area contributed by atoms with Crippen LogP contribution in [0.15, 0.2) is 4.42 Å². The van der Waals surface area contributed by atoms with Gasteiger partial charge in [0.05, 0.1) is 13.7 Å². The van der Waals surface area contributed by atoms with Crippen molar-refractivity contribution in [2.75, 3.05) is 14.2 Å². The van der Waals surface area contributed by atoms with E-state index in [1.54, 1.807) is 0 Å². The Kier molecular flexibility index (Phi) is 3.70. The topological polar surface area (TPSA) is 61.6 Å². The van der Waals surface area contributed by atoms with Crippen molar-refractivity contribution < 1.29 is 18.7 Å². The third-order valence-corrected chi connectivity index (χ3v) is 1.99. The predicted octanol–water partition coefficient (Wildman–Crippen LogP) is 1.91. The first-order valence-electron chi connectivity index (χ1n) is 4.97. The highest BCUT2D eigenvalue weighted by atomic mass is 16.5. The SMILES string of the molecule is COCc1nc(C(C)(C)C)oc1C(=O)OC. The second kappa shape index (κ2) is 4.65. The summed E-state index contributed by atoms with van der Waals surface area (Å²) in [6.07, 6.45) is 0. The summed E-state index contributed by atoms with van der Waals surface area (Å²) in [5.74, 6) is 0.0873. The van der Waals surface area contributed by atoms with Crippen molar-refractivity contribution in [1.29, 1.82) is 0 Å². The van der Waals surface area contributed by atoms with Gasteiger partial charge < -0.3 is 13.9 Å². The molecule has 90 valence electrons. The zero-order valence-corrected chi connectivity index (χ0v) is 10.3. The van der Waals surface area contributed by atoms with Gasteiger partial charge in [0, 0.05) is 12.5 Å². The standard InChI is InChI=1S/C11H17NO4/c1-11(2,3)10-12-7(6-14-4)8(16-10)9(13)15-5/h6H2,1-5H3. The average molecular weight is 227 g/mol. The Labute approximate surface area is 94.8 Å². The Morgan fingerprint density at radius 2 is 2.00 bits per heavy atom. The second-order valence-electron chi connectivity index (χ2n) is 4.47. The van der Waals surface area contributed by atoms with Crippen LogP contribution in [0.3, 0.4) is 0 Å². The first kappa shape index (κ1) is 12.7. The summed E-state index contributed by atoms with van der Waals surface area (Å²) in [7, 11) is 2.84. The molecular formula is C11H17NO4. The molecule has 1 aromatic heterocycles. The van der Waals surface area contributed by atoms with Crippen LogP contribution in [0.1, 0.15) is 42.9 Å². The molecule has 0 N–H and O–H groups in total. The van der Waals surface area contributed by atoms with Crippen LogP contribution in [0, 0.1) is 0 Å². The number of methoxy groups -OCH3 is 2. The quantitative estimate of drug-likeness (QED) is 0.738. The van der Waals surface area contributed by atoms with Crippen LogP contribution >= 0.6 is 0 Å². The average Bonchev–Trinajstić information content (AvgIpc) is 2.61. The molecule has 0 atom stereocenters. The molecule has 1 rings (SSSR count). The summed E-state index contributed by atoms with van der Waals surface area (Å²) in [5, 5.41) is 0. The molecule has 0 saturated carbocycles.